The Labute approximate surface area is 195 Å². The molecule has 33 heavy (non-hydrogen) atoms. The van der Waals surface area contributed by atoms with Gasteiger partial charge in [0.2, 0.25) is 5.91 Å². The van der Waals surface area contributed by atoms with Crippen LogP contribution in [0, 0.1) is 0 Å². The largest absolute Gasteiger partial charge is 0.361 e. The Bertz CT molecular complexity index is 955. The van der Waals surface area contributed by atoms with Gasteiger partial charge in [-0.3, -0.25) is 14.6 Å². The minimum atomic E-state index is -0.947. The second-order valence-corrected chi connectivity index (χ2v) is 7.66. The smallest absolute Gasteiger partial charge is 0.319 e. The van der Waals surface area contributed by atoms with Gasteiger partial charge in [0.1, 0.15) is 11.9 Å². The van der Waals surface area contributed by atoms with Crippen molar-refractivity contribution < 1.29 is 14.4 Å². The second-order valence-electron chi connectivity index (χ2n) is 7.66. The van der Waals surface area contributed by atoms with Crippen LogP contribution in [0.1, 0.15) is 33.1 Å². The molecule has 1 unspecified atom stereocenters. The summed E-state index contributed by atoms with van der Waals surface area (Å²) in [6, 6.07) is -1.51. The molecule has 1 atom stereocenters. The molecule has 2 rings (SSSR count). The summed E-state index contributed by atoms with van der Waals surface area (Å²) in [5.74, 6) is 0.0831. The van der Waals surface area contributed by atoms with Gasteiger partial charge in [-0.25, -0.2) is 9.69 Å². The van der Waals surface area contributed by atoms with E-state index in [-0.39, 0.29) is 12.3 Å². The molecule has 1 fully saturated rings. The first-order chi connectivity index (χ1) is 15.8. The Morgan fingerprint density at radius 1 is 1.27 bits per heavy atom. The van der Waals surface area contributed by atoms with Crippen LogP contribution in [0.25, 0.3) is 0 Å². The lowest BCUT2D eigenvalue weighted by Crippen LogP contribution is -2.45. The van der Waals surface area contributed by atoms with E-state index in [0.717, 1.165) is 35.8 Å². The maximum absolute atomic E-state index is 12.9. The number of carbonyl (C=O) groups is 3. The molecule has 8 heteroatoms. The number of nitrogens with one attached hydrogen (secondary N) is 2. The van der Waals surface area contributed by atoms with Gasteiger partial charge in [-0.1, -0.05) is 50.0 Å². The fraction of sp³-hybridized carbons (Fsp3) is 0.360. The summed E-state index contributed by atoms with van der Waals surface area (Å²) in [7, 11) is 1.98. The topological polar surface area (TPSA) is 94.1 Å². The number of amidine groups is 1. The van der Waals surface area contributed by atoms with Crippen LogP contribution in [0.2, 0.25) is 0 Å². The maximum atomic E-state index is 12.9. The highest BCUT2D eigenvalue weighted by Gasteiger charge is 2.40. The lowest BCUT2D eigenvalue weighted by Gasteiger charge is -2.17. The minimum absolute atomic E-state index is 0.113. The van der Waals surface area contributed by atoms with Gasteiger partial charge in [0.25, 0.3) is 5.91 Å². The molecule has 4 amide bonds. The highest BCUT2D eigenvalue weighted by molar-refractivity contribution is 6.08. The van der Waals surface area contributed by atoms with Crippen LogP contribution in [0.3, 0.4) is 0 Å². The number of imide groups is 1. The van der Waals surface area contributed by atoms with E-state index in [0.29, 0.717) is 17.8 Å². The zero-order valence-corrected chi connectivity index (χ0v) is 19.6. The number of urea groups is 1. The van der Waals surface area contributed by atoms with Crippen molar-refractivity contribution in [1.82, 2.24) is 20.4 Å². The standard InChI is InChI=1S/C25H33N5O3/c1-6-10-20(11-9-12-22-26-15-16-29(22)5)30-23(31)17-21(24(30)32)28-25(33)27-19(8-3)14-13-18(4)7-2/h6,8-11,13-14,21H,1,4,7,12,15-17H2,2-3,5H3,(H2,27,28,33)/b11-9-,14-13-,19-8+,20-10+. The van der Waals surface area contributed by atoms with Crippen molar-refractivity contribution in [2.24, 2.45) is 4.99 Å². The molecular formula is C25H33N5O3. The molecule has 176 valence electrons. The van der Waals surface area contributed by atoms with Gasteiger partial charge in [-0.05, 0) is 31.6 Å². The van der Waals surface area contributed by atoms with Crippen molar-refractivity contribution in [2.45, 2.75) is 39.2 Å². The van der Waals surface area contributed by atoms with Crippen LogP contribution in [-0.2, 0) is 9.59 Å². The van der Waals surface area contributed by atoms with Crippen LogP contribution < -0.4 is 10.6 Å². The highest BCUT2D eigenvalue weighted by Crippen LogP contribution is 2.20. The van der Waals surface area contributed by atoms with Crippen LogP contribution >= 0.6 is 0 Å². The Hall–Kier alpha value is -3.68. The lowest BCUT2D eigenvalue weighted by molar-refractivity contribution is -0.136. The molecule has 0 aromatic rings. The van der Waals surface area contributed by atoms with E-state index in [1.807, 2.05) is 26.1 Å². The van der Waals surface area contributed by atoms with Gasteiger partial charge in [0.05, 0.1) is 18.7 Å². The van der Waals surface area contributed by atoms with E-state index in [4.69, 9.17) is 0 Å². The Morgan fingerprint density at radius 2 is 2.03 bits per heavy atom. The molecule has 0 saturated carbocycles. The average Bonchev–Trinajstić information content (AvgIpc) is 3.31. The number of nitrogens with zero attached hydrogens (tertiary/aromatic N) is 3. The SMILES string of the molecule is C=C/C=C(\C=C/CC1=NCCN1C)N1C(=O)CC(NC(=O)NC(/C=C\C(=C)CC)=C/C)C1=O. The van der Waals surface area contributed by atoms with Crippen LogP contribution in [0.5, 0.6) is 0 Å². The molecule has 0 aromatic carbocycles. The molecule has 0 bridgehead atoms. The molecular weight excluding hydrogens is 418 g/mol. The van der Waals surface area contributed by atoms with E-state index in [2.05, 4.69) is 33.7 Å². The van der Waals surface area contributed by atoms with Crippen LogP contribution in [-0.4, -0.2) is 59.7 Å². The van der Waals surface area contributed by atoms with Gasteiger partial charge in [0, 0.05) is 25.7 Å². The average molecular weight is 452 g/mol. The van der Waals surface area contributed by atoms with Crippen LogP contribution in [0.4, 0.5) is 4.79 Å². The third-order valence-corrected chi connectivity index (χ3v) is 5.28. The number of aliphatic imine (C=N–C) groups is 1. The molecule has 2 aliphatic rings. The van der Waals surface area contributed by atoms with Crippen molar-refractivity contribution in [2.75, 3.05) is 20.1 Å². The second kappa shape index (κ2) is 12.4. The highest BCUT2D eigenvalue weighted by atomic mass is 16.2. The number of allylic oxidation sites excluding steroid dienone is 7. The molecule has 2 aliphatic heterocycles. The number of amides is 4. The van der Waals surface area contributed by atoms with Crippen molar-refractivity contribution >= 4 is 23.7 Å². The van der Waals surface area contributed by atoms with Gasteiger partial charge in [0.15, 0.2) is 0 Å². The summed E-state index contributed by atoms with van der Waals surface area (Å²) in [5.41, 5.74) is 1.89. The zero-order chi connectivity index (χ0) is 24.4. The number of hydrogen-bond acceptors (Lipinski definition) is 5. The van der Waals surface area contributed by atoms with Crippen LogP contribution in [0.15, 0.2) is 77.6 Å². The Balaban J connectivity index is 2.03. The molecule has 0 spiro atoms. The fourth-order valence-electron chi connectivity index (χ4n) is 3.29. The molecule has 2 heterocycles. The lowest BCUT2D eigenvalue weighted by atomic mass is 10.2. The van der Waals surface area contributed by atoms with E-state index in [9.17, 15) is 14.4 Å². The number of hydrogen-bond donors (Lipinski definition) is 2. The van der Waals surface area contributed by atoms with E-state index in [1.54, 1.807) is 31.2 Å². The maximum Gasteiger partial charge on any atom is 0.319 e. The van der Waals surface area contributed by atoms with Crippen molar-refractivity contribution in [1.29, 1.82) is 0 Å². The molecule has 2 N–H and O–H groups in total. The van der Waals surface area contributed by atoms with E-state index in [1.165, 1.54) is 6.08 Å². The predicted octanol–water partition coefficient (Wildman–Crippen LogP) is 3.20. The summed E-state index contributed by atoms with van der Waals surface area (Å²) >= 11 is 0. The third kappa shape index (κ3) is 7.17. The minimum Gasteiger partial charge on any atom is -0.361 e. The van der Waals surface area contributed by atoms with Gasteiger partial charge >= 0.3 is 6.03 Å². The summed E-state index contributed by atoms with van der Waals surface area (Å²) in [4.78, 5) is 45.5. The fourth-order valence-corrected chi connectivity index (χ4v) is 3.29. The van der Waals surface area contributed by atoms with Gasteiger partial charge in [-0.15, -0.1) is 0 Å². The first-order valence-electron chi connectivity index (χ1n) is 11.0. The number of carbonyl (C=O) groups excluding carboxylic acids is 3. The van der Waals surface area contributed by atoms with Gasteiger partial charge < -0.3 is 15.5 Å². The molecule has 0 aliphatic carbocycles. The quantitative estimate of drug-likeness (QED) is 0.394. The Morgan fingerprint density at radius 3 is 2.64 bits per heavy atom. The summed E-state index contributed by atoms with van der Waals surface area (Å²) in [5, 5.41) is 5.28. The Kier molecular flexibility index (Phi) is 9.60. The summed E-state index contributed by atoms with van der Waals surface area (Å²) in [6.45, 7) is 13.0. The number of likely N-dealkylation sites (tertiary alicyclic amines) is 1. The monoisotopic (exact) mass is 451 g/mol. The number of likely N-dealkylation sites (N-methyl/N-ethyl adjacent to an activating group) is 1. The predicted molar refractivity (Wildman–Crippen MR) is 131 cm³/mol. The van der Waals surface area contributed by atoms with E-state index >= 15 is 0 Å². The number of rotatable bonds is 10. The third-order valence-electron chi connectivity index (χ3n) is 5.28. The van der Waals surface area contributed by atoms with E-state index < -0.39 is 18.0 Å². The summed E-state index contributed by atoms with van der Waals surface area (Å²) in [6.07, 6.45) is 13.2. The first-order valence-corrected chi connectivity index (χ1v) is 11.0. The van der Waals surface area contributed by atoms with Crippen molar-refractivity contribution in [3.05, 3.63) is 72.7 Å². The van der Waals surface area contributed by atoms with Crippen molar-refractivity contribution in [3.8, 4) is 0 Å². The van der Waals surface area contributed by atoms with Gasteiger partial charge in [-0.2, -0.15) is 0 Å². The zero-order valence-electron chi connectivity index (χ0n) is 19.6. The van der Waals surface area contributed by atoms with Crippen molar-refractivity contribution in [3.63, 3.8) is 0 Å². The molecule has 1 saturated heterocycles. The summed E-state index contributed by atoms with van der Waals surface area (Å²) < 4.78 is 0. The molecule has 0 aromatic heterocycles. The first kappa shape index (κ1) is 25.6. The normalized spacial score (nSPS) is 19.6. The molecule has 8 nitrogen and oxygen atoms in total. The molecule has 0 radical (unpaired) electrons.